The van der Waals surface area contributed by atoms with E-state index in [-0.39, 0.29) is 28.9 Å². The molecular formula is C37H33N4O2+. The number of fused-ring (bicyclic) bond motifs is 2. The number of nitrogens with zero attached hydrogens (tertiary/aromatic N) is 2. The predicted octanol–water partition coefficient (Wildman–Crippen LogP) is 8.35. The monoisotopic (exact) mass is 565 g/mol. The number of carbonyl (C=O) groups is 2. The Kier molecular flexibility index (Phi) is 6.84. The second-order valence-corrected chi connectivity index (χ2v) is 11.5. The minimum absolute atomic E-state index is 0.0537. The fourth-order valence-corrected chi connectivity index (χ4v) is 6.52. The standard InChI is InChI=1S/C37H32N4O2/c1-25-8-7-21-41(25,35(42)22-26-9-3-2-4-10-26)37(43)39-31-17-14-27(15-18-31)34-24-30-23-29(16-19-33(30)40-34)32-13-5-11-28-12-6-20-38-36(28)32/h2-6,9-20,23-25,40H,7-8,21-22H2,1H3/p+1/t25-,41?/m1/s1. The average Bonchev–Trinajstić information content (AvgIpc) is 3.65. The molecule has 3 amide bonds. The lowest BCUT2D eigenvalue weighted by molar-refractivity contribution is -0.782. The fourth-order valence-electron chi connectivity index (χ4n) is 6.52. The molecule has 0 bridgehead atoms. The number of amides is 3. The van der Waals surface area contributed by atoms with Crippen molar-refractivity contribution in [1.82, 2.24) is 9.97 Å². The van der Waals surface area contributed by atoms with Gasteiger partial charge in [0.05, 0.1) is 18.5 Å². The molecule has 0 saturated carbocycles. The van der Waals surface area contributed by atoms with Crippen LogP contribution in [0.15, 0.2) is 115 Å². The predicted molar refractivity (Wildman–Crippen MR) is 172 cm³/mol. The smallest absolute Gasteiger partial charge is 0.355 e. The van der Waals surface area contributed by atoms with Gasteiger partial charge in [-0.1, -0.05) is 72.8 Å². The molecule has 1 aliphatic rings. The van der Waals surface area contributed by atoms with E-state index < -0.39 is 0 Å². The van der Waals surface area contributed by atoms with Gasteiger partial charge in [0, 0.05) is 52.3 Å². The number of quaternary nitrogens is 1. The van der Waals surface area contributed by atoms with E-state index in [0.717, 1.165) is 62.6 Å². The molecule has 1 saturated heterocycles. The molecule has 0 spiro atoms. The number of pyridine rings is 1. The van der Waals surface area contributed by atoms with Crippen LogP contribution in [-0.4, -0.2) is 39.0 Å². The number of anilines is 1. The van der Waals surface area contributed by atoms with E-state index in [0.29, 0.717) is 12.2 Å². The topological polar surface area (TPSA) is 74.8 Å². The summed E-state index contributed by atoms with van der Waals surface area (Å²) in [7, 11) is 0. The van der Waals surface area contributed by atoms with E-state index in [1.165, 1.54) is 0 Å². The normalized spacial score (nSPS) is 18.2. The molecule has 6 heteroatoms. The van der Waals surface area contributed by atoms with Crippen LogP contribution >= 0.6 is 0 Å². The van der Waals surface area contributed by atoms with Crippen molar-refractivity contribution >= 4 is 39.4 Å². The molecular weight excluding hydrogens is 532 g/mol. The first-order valence-corrected chi connectivity index (χ1v) is 14.9. The maximum atomic E-state index is 13.7. The number of urea groups is 1. The van der Waals surface area contributed by atoms with Gasteiger partial charge in [0.1, 0.15) is 6.04 Å². The fraction of sp³-hybridized carbons (Fsp3) is 0.162. The Hall–Kier alpha value is -5.07. The Balaban J connectivity index is 1.11. The van der Waals surface area contributed by atoms with Gasteiger partial charge in [-0.2, -0.15) is 4.48 Å². The summed E-state index contributed by atoms with van der Waals surface area (Å²) < 4.78 is -0.160. The van der Waals surface area contributed by atoms with Crippen molar-refractivity contribution in [1.29, 1.82) is 0 Å². The van der Waals surface area contributed by atoms with Crippen LogP contribution in [0, 0.1) is 0 Å². The zero-order valence-electron chi connectivity index (χ0n) is 24.1. The Morgan fingerprint density at radius 1 is 0.860 bits per heavy atom. The van der Waals surface area contributed by atoms with Crippen molar-refractivity contribution in [3.8, 4) is 22.4 Å². The zero-order valence-corrected chi connectivity index (χ0v) is 24.1. The molecule has 2 N–H and O–H groups in total. The van der Waals surface area contributed by atoms with Crippen LogP contribution in [0.2, 0.25) is 0 Å². The molecule has 7 rings (SSSR count). The Morgan fingerprint density at radius 3 is 2.44 bits per heavy atom. The van der Waals surface area contributed by atoms with Crippen molar-refractivity contribution in [2.24, 2.45) is 0 Å². The molecule has 0 radical (unpaired) electrons. The number of imide groups is 1. The van der Waals surface area contributed by atoms with Crippen LogP contribution in [0.1, 0.15) is 25.3 Å². The summed E-state index contributed by atoms with van der Waals surface area (Å²) in [5, 5.41) is 5.30. The summed E-state index contributed by atoms with van der Waals surface area (Å²) in [6, 6.07) is 36.1. The minimum atomic E-state index is -0.250. The third-order valence-corrected chi connectivity index (χ3v) is 8.90. The lowest BCUT2D eigenvalue weighted by Gasteiger charge is -2.33. The lowest BCUT2D eigenvalue weighted by atomic mass is 10.0. The molecule has 43 heavy (non-hydrogen) atoms. The number of H-pyrrole nitrogens is 1. The molecule has 0 aliphatic carbocycles. The molecule has 6 nitrogen and oxygen atoms in total. The van der Waals surface area contributed by atoms with Crippen molar-refractivity contribution < 1.29 is 14.1 Å². The highest BCUT2D eigenvalue weighted by molar-refractivity contribution is 5.97. The molecule has 2 atom stereocenters. The van der Waals surface area contributed by atoms with Crippen molar-refractivity contribution in [2.45, 2.75) is 32.2 Å². The van der Waals surface area contributed by atoms with Crippen molar-refractivity contribution in [2.75, 3.05) is 11.9 Å². The third-order valence-electron chi connectivity index (χ3n) is 8.90. The first-order chi connectivity index (χ1) is 21.0. The van der Waals surface area contributed by atoms with Crippen LogP contribution in [0.25, 0.3) is 44.2 Å². The molecule has 4 aromatic carbocycles. The van der Waals surface area contributed by atoms with E-state index in [1.54, 1.807) is 0 Å². The van der Waals surface area contributed by atoms with Crippen molar-refractivity contribution in [3.05, 3.63) is 121 Å². The summed E-state index contributed by atoms with van der Waals surface area (Å²) in [5.41, 5.74) is 7.90. The Bertz CT molecular complexity index is 1960. The number of likely N-dealkylation sites (tertiary alicyclic amines) is 1. The zero-order chi connectivity index (χ0) is 29.4. The van der Waals surface area contributed by atoms with Crippen LogP contribution in [-0.2, 0) is 11.2 Å². The lowest BCUT2D eigenvalue weighted by Crippen LogP contribution is -2.61. The number of carbonyl (C=O) groups excluding carboxylic acids is 2. The average molecular weight is 566 g/mol. The third kappa shape index (κ3) is 4.90. The number of nitrogens with one attached hydrogen (secondary N) is 2. The summed E-state index contributed by atoms with van der Waals surface area (Å²) in [5.74, 6) is -0.0537. The van der Waals surface area contributed by atoms with Gasteiger partial charge in [-0.15, -0.1) is 0 Å². The number of benzene rings is 4. The molecule has 1 aliphatic heterocycles. The van der Waals surface area contributed by atoms with Gasteiger partial charge < -0.3 is 4.98 Å². The van der Waals surface area contributed by atoms with Gasteiger partial charge in [-0.3, -0.25) is 10.3 Å². The number of aromatic amines is 1. The number of hydrogen-bond acceptors (Lipinski definition) is 3. The van der Waals surface area contributed by atoms with E-state index in [1.807, 2.05) is 73.8 Å². The molecule has 2 aromatic heterocycles. The van der Waals surface area contributed by atoms with Crippen molar-refractivity contribution in [3.63, 3.8) is 0 Å². The van der Waals surface area contributed by atoms with Gasteiger partial charge >= 0.3 is 11.9 Å². The van der Waals surface area contributed by atoms with Gasteiger partial charge in [-0.05, 0) is 60.0 Å². The van der Waals surface area contributed by atoms with E-state index in [4.69, 9.17) is 0 Å². The quantitative estimate of drug-likeness (QED) is 0.206. The first kappa shape index (κ1) is 26.8. The molecule has 6 aromatic rings. The summed E-state index contributed by atoms with van der Waals surface area (Å²) in [6.45, 7) is 2.54. The van der Waals surface area contributed by atoms with Gasteiger partial charge in [0.25, 0.3) is 0 Å². The maximum Gasteiger partial charge on any atom is 0.428 e. The number of aromatic nitrogens is 2. The second-order valence-electron chi connectivity index (χ2n) is 11.5. The summed E-state index contributed by atoms with van der Waals surface area (Å²) >= 11 is 0. The number of hydrogen-bond donors (Lipinski definition) is 2. The van der Waals surface area contributed by atoms with E-state index >= 15 is 0 Å². The first-order valence-electron chi connectivity index (χ1n) is 14.9. The maximum absolute atomic E-state index is 13.7. The highest BCUT2D eigenvalue weighted by Gasteiger charge is 2.52. The van der Waals surface area contributed by atoms with Crippen LogP contribution in [0.3, 0.4) is 0 Å². The summed E-state index contributed by atoms with van der Waals surface area (Å²) in [4.78, 5) is 35.5. The van der Waals surface area contributed by atoms with E-state index in [9.17, 15) is 9.59 Å². The van der Waals surface area contributed by atoms with E-state index in [2.05, 4.69) is 63.8 Å². The van der Waals surface area contributed by atoms with Gasteiger partial charge in [0.15, 0.2) is 0 Å². The molecule has 212 valence electrons. The minimum Gasteiger partial charge on any atom is -0.355 e. The van der Waals surface area contributed by atoms with Gasteiger partial charge in [-0.25, -0.2) is 9.59 Å². The summed E-state index contributed by atoms with van der Waals surface area (Å²) in [6.07, 6.45) is 3.79. The highest BCUT2D eigenvalue weighted by Crippen LogP contribution is 2.33. The molecule has 1 unspecified atom stereocenters. The Labute approximate surface area is 250 Å². The Morgan fingerprint density at radius 2 is 1.65 bits per heavy atom. The van der Waals surface area contributed by atoms with Gasteiger partial charge in [0.2, 0.25) is 0 Å². The number of para-hydroxylation sites is 1. The molecule has 3 heterocycles. The SMILES string of the molecule is C[C@@H]1CCC[N+]1(C(=O)Cc1ccccc1)C(=O)Nc1ccc(-c2cc3cc(-c4cccc5cccnc45)ccc3[nH]2)cc1. The highest BCUT2D eigenvalue weighted by atomic mass is 16.2. The van der Waals surface area contributed by atoms with Crippen LogP contribution < -0.4 is 5.32 Å². The van der Waals surface area contributed by atoms with Crippen LogP contribution in [0.4, 0.5) is 10.5 Å². The second kappa shape index (κ2) is 11.0. The largest absolute Gasteiger partial charge is 0.428 e. The number of rotatable bonds is 5. The molecule has 1 fully saturated rings. The van der Waals surface area contributed by atoms with Crippen LogP contribution in [0.5, 0.6) is 0 Å².